The van der Waals surface area contributed by atoms with Crippen LogP contribution in [-0.4, -0.2) is 53.3 Å². The molecular weight excluding hydrogens is 618 g/mol. The number of rotatable bonds is 16. The van der Waals surface area contributed by atoms with E-state index in [9.17, 15) is 19.2 Å². The molecular formula is C38H49N7O4. The number of nitrogens with two attached hydrogens (primary N) is 2. The summed E-state index contributed by atoms with van der Waals surface area (Å²) in [6.45, 7) is 3.88. The number of nitrogens with zero attached hydrogens (tertiary/aromatic N) is 1. The van der Waals surface area contributed by atoms with E-state index in [2.05, 4.69) is 26.3 Å². The van der Waals surface area contributed by atoms with Gasteiger partial charge in [-0.3, -0.25) is 24.2 Å². The van der Waals surface area contributed by atoms with Crippen LogP contribution in [0.4, 0.5) is 0 Å². The van der Waals surface area contributed by atoms with Crippen LogP contribution in [0.1, 0.15) is 92.7 Å². The van der Waals surface area contributed by atoms with Gasteiger partial charge in [-0.25, -0.2) is 0 Å². The SMILES string of the molecule is CCC(CC)(NC(=O)c1ccccc1)C(=O)N[C@H](CCCN=C(N)N)C(=O)NC1(C(=O)NC(c2ccccc2)c2ccccc2)CCCC1. The summed E-state index contributed by atoms with van der Waals surface area (Å²) in [5.74, 6) is -1.71. The van der Waals surface area contributed by atoms with Crippen molar-refractivity contribution in [2.24, 2.45) is 16.5 Å². The highest BCUT2D eigenvalue weighted by molar-refractivity contribution is 6.01. The van der Waals surface area contributed by atoms with Gasteiger partial charge in [0.1, 0.15) is 17.1 Å². The molecule has 1 atom stereocenters. The van der Waals surface area contributed by atoms with E-state index in [1.165, 1.54) is 0 Å². The molecule has 11 heteroatoms. The predicted octanol–water partition coefficient (Wildman–Crippen LogP) is 3.85. The summed E-state index contributed by atoms with van der Waals surface area (Å²) in [6, 6.07) is 26.6. The molecule has 11 nitrogen and oxygen atoms in total. The zero-order chi connectivity index (χ0) is 35.3. The first-order valence-corrected chi connectivity index (χ1v) is 17.1. The largest absolute Gasteiger partial charge is 0.370 e. The Morgan fingerprint density at radius 3 is 1.84 bits per heavy atom. The molecule has 0 saturated heterocycles. The van der Waals surface area contributed by atoms with E-state index in [4.69, 9.17) is 11.5 Å². The number of carbonyl (C=O) groups is 4. The van der Waals surface area contributed by atoms with Gasteiger partial charge < -0.3 is 32.7 Å². The van der Waals surface area contributed by atoms with Crippen LogP contribution >= 0.6 is 0 Å². The maximum atomic E-state index is 14.2. The maximum absolute atomic E-state index is 14.2. The summed E-state index contributed by atoms with van der Waals surface area (Å²) < 4.78 is 0. The highest BCUT2D eigenvalue weighted by Gasteiger charge is 2.45. The quantitative estimate of drug-likeness (QED) is 0.0767. The number of amides is 4. The Morgan fingerprint density at radius 2 is 1.33 bits per heavy atom. The average molecular weight is 668 g/mol. The van der Waals surface area contributed by atoms with Crippen molar-refractivity contribution >= 4 is 29.6 Å². The number of benzene rings is 3. The smallest absolute Gasteiger partial charge is 0.252 e. The van der Waals surface area contributed by atoms with E-state index in [1.807, 2.05) is 80.6 Å². The summed E-state index contributed by atoms with van der Waals surface area (Å²) in [4.78, 5) is 59.6. The van der Waals surface area contributed by atoms with Crippen LogP contribution in [0.3, 0.4) is 0 Å². The molecule has 3 aromatic carbocycles. The van der Waals surface area contributed by atoms with E-state index < -0.39 is 35.0 Å². The Morgan fingerprint density at radius 1 is 0.796 bits per heavy atom. The van der Waals surface area contributed by atoms with Crippen molar-refractivity contribution in [3.05, 3.63) is 108 Å². The van der Waals surface area contributed by atoms with Gasteiger partial charge in [0.05, 0.1) is 6.04 Å². The topological polar surface area (TPSA) is 181 Å². The molecule has 1 saturated carbocycles. The number of nitrogens with one attached hydrogen (secondary N) is 4. The van der Waals surface area contributed by atoms with Crippen molar-refractivity contribution in [3.8, 4) is 0 Å². The molecule has 0 radical (unpaired) electrons. The van der Waals surface area contributed by atoms with E-state index >= 15 is 0 Å². The van der Waals surface area contributed by atoms with Crippen molar-refractivity contribution in [1.82, 2.24) is 21.3 Å². The van der Waals surface area contributed by atoms with Gasteiger partial charge in [0.15, 0.2) is 5.96 Å². The number of aliphatic imine (C=N–C) groups is 1. The van der Waals surface area contributed by atoms with Crippen LogP contribution in [0.15, 0.2) is 96.0 Å². The lowest BCUT2D eigenvalue weighted by Crippen LogP contribution is -2.64. The molecule has 0 spiro atoms. The van der Waals surface area contributed by atoms with Gasteiger partial charge in [-0.15, -0.1) is 0 Å². The molecule has 0 aromatic heterocycles. The van der Waals surface area contributed by atoms with Gasteiger partial charge in [0, 0.05) is 12.1 Å². The molecule has 8 N–H and O–H groups in total. The Labute approximate surface area is 288 Å². The Bertz CT molecular complexity index is 1530. The molecule has 4 rings (SSSR count). The zero-order valence-electron chi connectivity index (χ0n) is 28.4. The van der Waals surface area contributed by atoms with Gasteiger partial charge in [-0.05, 0) is 61.8 Å². The first kappa shape index (κ1) is 36.6. The Kier molecular flexibility index (Phi) is 12.9. The fourth-order valence-corrected chi connectivity index (χ4v) is 6.38. The zero-order valence-corrected chi connectivity index (χ0v) is 28.4. The van der Waals surface area contributed by atoms with Crippen molar-refractivity contribution in [1.29, 1.82) is 0 Å². The van der Waals surface area contributed by atoms with Crippen LogP contribution in [0.25, 0.3) is 0 Å². The molecule has 49 heavy (non-hydrogen) atoms. The Balaban J connectivity index is 1.57. The van der Waals surface area contributed by atoms with Crippen molar-refractivity contribution in [2.45, 2.75) is 88.4 Å². The summed E-state index contributed by atoms with van der Waals surface area (Å²) in [6.07, 6.45) is 3.62. The van der Waals surface area contributed by atoms with Crippen LogP contribution < -0.4 is 32.7 Å². The number of carbonyl (C=O) groups excluding carboxylic acids is 4. The predicted molar refractivity (Wildman–Crippen MR) is 191 cm³/mol. The lowest BCUT2D eigenvalue weighted by Gasteiger charge is -2.35. The van der Waals surface area contributed by atoms with E-state index in [0.29, 0.717) is 37.7 Å². The molecule has 0 unspecified atom stereocenters. The number of hydrogen-bond acceptors (Lipinski definition) is 5. The summed E-state index contributed by atoms with van der Waals surface area (Å²) >= 11 is 0. The third kappa shape index (κ3) is 9.46. The first-order valence-electron chi connectivity index (χ1n) is 17.1. The van der Waals surface area contributed by atoms with Crippen LogP contribution in [0, 0.1) is 0 Å². The van der Waals surface area contributed by atoms with Crippen LogP contribution in [0.2, 0.25) is 0 Å². The minimum absolute atomic E-state index is 0.0717. The standard InChI is InChI=1S/C38H49N7O4/c1-3-37(4-2,44-32(46)29-21-12-7-13-22-29)34(48)42-30(23-16-26-41-36(39)40)33(47)45-38(24-14-15-25-38)35(49)43-31(27-17-8-5-9-18-27)28-19-10-6-11-20-28/h5-13,17-22,30-31H,3-4,14-16,23-26H2,1-2H3,(H,42,48)(H,43,49)(H,44,46)(H,45,47)(H4,39,40,41)/t30-/m1/s1. The number of guanidine groups is 1. The average Bonchev–Trinajstić information content (AvgIpc) is 3.61. The molecule has 3 aromatic rings. The van der Waals surface area contributed by atoms with Gasteiger partial charge >= 0.3 is 0 Å². The highest BCUT2D eigenvalue weighted by Crippen LogP contribution is 2.32. The molecule has 260 valence electrons. The van der Waals surface area contributed by atoms with Gasteiger partial charge in [-0.2, -0.15) is 0 Å². The fraction of sp³-hybridized carbons (Fsp3) is 0.395. The summed E-state index contributed by atoms with van der Waals surface area (Å²) in [5, 5.41) is 12.1. The van der Waals surface area contributed by atoms with Crippen molar-refractivity contribution in [3.63, 3.8) is 0 Å². The highest BCUT2D eigenvalue weighted by atomic mass is 16.2. The lowest BCUT2D eigenvalue weighted by atomic mass is 9.90. The van der Waals surface area contributed by atoms with E-state index in [-0.39, 0.29) is 30.7 Å². The molecule has 0 bridgehead atoms. The van der Waals surface area contributed by atoms with Gasteiger partial charge in [0.2, 0.25) is 17.7 Å². The third-order valence-corrected chi connectivity index (χ3v) is 9.39. The van der Waals surface area contributed by atoms with Crippen molar-refractivity contribution in [2.75, 3.05) is 6.54 Å². The Hall–Kier alpha value is -5.19. The number of hydrogen-bond donors (Lipinski definition) is 6. The minimum Gasteiger partial charge on any atom is -0.370 e. The lowest BCUT2D eigenvalue weighted by molar-refractivity contribution is -0.137. The van der Waals surface area contributed by atoms with Crippen LogP contribution in [0.5, 0.6) is 0 Å². The van der Waals surface area contributed by atoms with E-state index in [1.54, 1.807) is 24.3 Å². The third-order valence-electron chi connectivity index (χ3n) is 9.39. The van der Waals surface area contributed by atoms with Gasteiger partial charge in [0.25, 0.3) is 5.91 Å². The second-order valence-electron chi connectivity index (χ2n) is 12.6. The van der Waals surface area contributed by atoms with Gasteiger partial charge in [-0.1, -0.05) is 106 Å². The molecule has 0 aliphatic heterocycles. The summed E-state index contributed by atoms with van der Waals surface area (Å²) in [5.41, 5.74) is 10.8. The maximum Gasteiger partial charge on any atom is 0.252 e. The minimum atomic E-state index is -1.27. The first-order chi connectivity index (χ1) is 23.6. The molecule has 1 fully saturated rings. The molecule has 0 heterocycles. The monoisotopic (exact) mass is 667 g/mol. The van der Waals surface area contributed by atoms with E-state index in [0.717, 1.165) is 24.0 Å². The normalized spacial score (nSPS) is 14.3. The second kappa shape index (κ2) is 17.3. The molecule has 1 aliphatic carbocycles. The summed E-state index contributed by atoms with van der Waals surface area (Å²) in [7, 11) is 0. The van der Waals surface area contributed by atoms with Crippen molar-refractivity contribution < 1.29 is 19.2 Å². The fourth-order valence-electron chi connectivity index (χ4n) is 6.38. The molecule has 1 aliphatic rings. The second-order valence-corrected chi connectivity index (χ2v) is 12.6. The molecule has 4 amide bonds. The van der Waals surface area contributed by atoms with Crippen LogP contribution in [-0.2, 0) is 14.4 Å².